The second-order valence-corrected chi connectivity index (χ2v) is 8.74. The topological polar surface area (TPSA) is 59.1 Å². The smallest absolute Gasteiger partial charge is 0.410 e. The fraction of sp³-hybridized carbons (Fsp3) is 0.619. The van der Waals surface area contributed by atoms with Crippen LogP contribution in [0.15, 0.2) is 23.1 Å². The predicted molar refractivity (Wildman–Crippen MR) is 110 cm³/mol. The molecule has 0 bridgehead atoms. The molecule has 2 fully saturated rings. The Bertz CT molecular complexity index is 716. The molecule has 2 saturated heterocycles. The Labute approximate surface area is 171 Å². The minimum Gasteiger partial charge on any atom is -0.496 e. The molecule has 0 N–H and O–H groups in total. The third-order valence-corrected chi connectivity index (χ3v) is 6.26. The Morgan fingerprint density at radius 1 is 1.32 bits per heavy atom. The number of rotatable bonds is 6. The maximum atomic E-state index is 13.0. The van der Waals surface area contributed by atoms with E-state index < -0.39 is 0 Å². The number of hydrogen-bond acceptors (Lipinski definition) is 5. The molecule has 1 aromatic carbocycles. The molecule has 2 aliphatic rings. The number of cyclic esters (lactones) is 1. The van der Waals surface area contributed by atoms with Crippen molar-refractivity contribution in [2.24, 2.45) is 5.92 Å². The second-order valence-electron chi connectivity index (χ2n) is 7.86. The minimum atomic E-state index is -0.204. The molecule has 154 valence electrons. The first-order valence-electron chi connectivity index (χ1n) is 9.91. The number of methoxy groups -OCH3 is 1. The number of carbonyl (C=O) groups excluding carboxylic acids is 2. The van der Waals surface area contributed by atoms with Gasteiger partial charge < -0.3 is 14.4 Å². The lowest BCUT2D eigenvalue weighted by Gasteiger charge is -2.38. The Kier molecular flexibility index (Phi) is 6.75. The fourth-order valence-electron chi connectivity index (χ4n) is 4.14. The lowest BCUT2D eigenvalue weighted by Crippen LogP contribution is -2.50. The molecule has 3 rings (SSSR count). The largest absolute Gasteiger partial charge is 0.496 e. The molecule has 2 aliphatic heterocycles. The van der Waals surface area contributed by atoms with E-state index in [4.69, 9.17) is 9.47 Å². The van der Waals surface area contributed by atoms with Gasteiger partial charge in [-0.2, -0.15) is 0 Å². The Hall–Kier alpha value is -1.89. The summed E-state index contributed by atoms with van der Waals surface area (Å²) in [6.07, 6.45) is 4.30. The third kappa shape index (κ3) is 4.40. The molecule has 1 unspecified atom stereocenters. The van der Waals surface area contributed by atoms with Gasteiger partial charge in [0.15, 0.2) is 0 Å². The molecule has 0 aromatic heterocycles. The summed E-state index contributed by atoms with van der Waals surface area (Å²) in [6.45, 7) is 6.08. The van der Waals surface area contributed by atoms with Crippen LogP contribution in [-0.4, -0.2) is 66.9 Å². The molecule has 1 atom stereocenters. The zero-order chi connectivity index (χ0) is 20.3. The molecular weight excluding hydrogens is 376 g/mol. The van der Waals surface area contributed by atoms with Crippen LogP contribution >= 0.6 is 11.8 Å². The monoisotopic (exact) mass is 406 g/mol. The van der Waals surface area contributed by atoms with Crippen molar-refractivity contribution in [2.75, 3.05) is 33.1 Å². The van der Waals surface area contributed by atoms with Gasteiger partial charge in [-0.1, -0.05) is 13.8 Å². The van der Waals surface area contributed by atoms with E-state index in [1.54, 1.807) is 18.9 Å². The first-order valence-corrected chi connectivity index (χ1v) is 11.1. The SMILES string of the molecule is COc1cc(SC)ccc1C(=O)N1CCC(N2C(=O)OCC2CC(C)C)CC1. The van der Waals surface area contributed by atoms with E-state index in [2.05, 4.69) is 13.8 Å². The van der Waals surface area contributed by atoms with Crippen LogP contribution in [0.1, 0.15) is 43.5 Å². The van der Waals surface area contributed by atoms with E-state index in [-0.39, 0.29) is 24.1 Å². The Morgan fingerprint density at radius 2 is 2.04 bits per heavy atom. The Balaban J connectivity index is 1.65. The zero-order valence-corrected chi connectivity index (χ0v) is 18.0. The normalized spacial score (nSPS) is 20.6. The van der Waals surface area contributed by atoms with Gasteiger partial charge in [-0.05, 0) is 49.6 Å². The number of benzene rings is 1. The predicted octanol–water partition coefficient (Wildman–Crippen LogP) is 3.89. The number of hydrogen-bond donors (Lipinski definition) is 0. The molecule has 0 spiro atoms. The van der Waals surface area contributed by atoms with Crippen molar-refractivity contribution in [2.45, 2.75) is 50.1 Å². The number of nitrogens with zero attached hydrogens (tertiary/aromatic N) is 2. The van der Waals surface area contributed by atoms with Crippen molar-refractivity contribution < 1.29 is 19.1 Å². The van der Waals surface area contributed by atoms with Gasteiger partial charge in [0.1, 0.15) is 12.4 Å². The van der Waals surface area contributed by atoms with Gasteiger partial charge in [-0.25, -0.2) is 4.79 Å². The molecule has 28 heavy (non-hydrogen) atoms. The van der Waals surface area contributed by atoms with Crippen LogP contribution in [0.25, 0.3) is 0 Å². The van der Waals surface area contributed by atoms with Crippen molar-refractivity contribution in [1.29, 1.82) is 0 Å². The molecular formula is C21H30N2O4S. The van der Waals surface area contributed by atoms with Gasteiger partial charge in [0, 0.05) is 24.0 Å². The van der Waals surface area contributed by atoms with E-state index >= 15 is 0 Å². The molecule has 1 aromatic rings. The fourth-order valence-corrected chi connectivity index (χ4v) is 4.57. The maximum Gasteiger partial charge on any atom is 0.410 e. The summed E-state index contributed by atoms with van der Waals surface area (Å²) in [6, 6.07) is 5.99. The second kappa shape index (κ2) is 9.07. The number of piperidine rings is 1. The zero-order valence-electron chi connectivity index (χ0n) is 17.1. The first kappa shape index (κ1) is 20.8. The van der Waals surface area contributed by atoms with Crippen molar-refractivity contribution >= 4 is 23.8 Å². The molecule has 0 radical (unpaired) electrons. The van der Waals surface area contributed by atoms with Crippen LogP contribution in [0.2, 0.25) is 0 Å². The maximum absolute atomic E-state index is 13.0. The van der Waals surface area contributed by atoms with E-state index in [1.807, 2.05) is 34.3 Å². The highest BCUT2D eigenvalue weighted by atomic mass is 32.2. The highest BCUT2D eigenvalue weighted by molar-refractivity contribution is 7.98. The standard InChI is InChI=1S/C21H30N2O4S/c1-14(2)11-16-13-27-21(25)23(16)15-7-9-22(10-8-15)20(24)18-6-5-17(28-4)12-19(18)26-3/h5-6,12,14-16H,7-11,13H2,1-4H3. The van der Waals surface area contributed by atoms with Crippen molar-refractivity contribution in [3.63, 3.8) is 0 Å². The van der Waals surface area contributed by atoms with Gasteiger partial charge in [0.2, 0.25) is 0 Å². The van der Waals surface area contributed by atoms with Crippen LogP contribution in [0.3, 0.4) is 0 Å². The number of ether oxygens (including phenoxy) is 2. The van der Waals surface area contributed by atoms with Gasteiger partial charge in [-0.15, -0.1) is 11.8 Å². The molecule has 2 heterocycles. The van der Waals surface area contributed by atoms with Crippen LogP contribution in [0.4, 0.5) is 4.79 Å². The number of likely N-dealkylation sites (tertiary alicyclic amines) is 1. The lowest BCUT2D eigenvalue weighted by atomic mass is 9.97. The summed E-state index contributed by atoms with van der Waals surface area (Å²) in [5.74, 6) is 1.12. The van der Waals surface area contributed by atoms with E-state index in [0.717, 1.165) is 24.2 Å². The number of thioether (sulfide) groups is 1. The summed E-state index contributed by atoms with van der Waals surface area (Å²) >= 11 is 1.62. The summed E-state index contributed by atoms with van der Waals surface area (Å²) in [4.78, 5) is 30.1. The van der Waals surface area contributed by atoms with Crippen molar-refractivity contribution in [3.8, 4) is 5.75 Å². The summed E-state index contributed by atoms with van der Waals surface area (Å²) in [5.41, 5.74) is 0.594. The van der Waals surface area contributed by atoms with Gasteiger partial charge in [0.25, 0.3) is 5.91 Å². The van der Waals surface area contributed by atoms with Crippen LogP contribution in [0, 0.1) is 5.92 Å². The molecule has 6 nitrogen and oxygen atoms in total. The average molecular weight is 407 g/mol. The quantitative estimate of drug-likeness (QED) is 0.671. The van der Waals surface area contributed by atoms with Crippen LogP contribution in [-0.2, 0) is 4.74 Å². The summed E-state index contributed by atoms with van der Waals surface area (Å²) in [5, 5.41) is 0. The molecule has 0 saturated carbocycles. The van der Waals surface area contributed by atoms with Crippen LogP contribution in [0.5, 0.6) is 5.75 Å². The third-order valence-electron chi connectivity index (χ3n) is 5.53. The van der Waals surface area contributed by atoms with Gasteiger partial charge in [-0.3, -0.25) is 9.69 Å². The first-order chi connectivity index (χ1) is 13.4. The molecule has 7 heteroatoms. The lowest BCUT2D eigenvalue weighted by molar-refractivity contribution is 0.0627. The number of carbonyl (C=O) groups is 2. The summed E-state index contributed by atoms with van der Waals surface area (Å²) < 4.78 is 10.8. The molecule has 2 amide bonds. The Morgan fingerprint density at radius 3 is 2.64 bits per heavy atom. The average Bonchev–Trinajstić information content (AvgIpc) is 3.06. The van der Waals surface area contributed by atoms with E-state index in [0.29, 0.717) is 36.9 Å². The van der Waals surface area contributed by atoms with E-state index in [1.165, 1.54) is 0 Å². The minimum absolute atomic E-state index is 0.00863. The van der Waals surface area contributed by atoms with Crippen molar-refractivity contribution in [3.05, 3.63) is 23.8 Å². The highest BCUT2D eigenvalue weighted by Gasteiger charge is 2.40. The van der Waals surface area contributed by atoms with Gasteiger partial charge >= 0.3 is 6.09 Å². The van der Waals surface area contributed by atoms with Crippen LogP contribution < -0.4 is 4.74 Å². The van der Waals surface area contributed by atoms with Crippen molar-refractivity contribution in [1.82, 2.24) is 9.80 Å². The van der Waals surface area contributed by atoms with Gasteiger partial charge in [0.05, 0.1) is 18.7 Å². The van der Waals surface area contributed by atoms with E-state index in [9.17, 15) is 9.59 Å². The number of amides is 2. The highest BCUT2D eigenvalue weighted by Crippen LogP contribution is 2.30. The molecule has 0 aliphatic carbocycles. The summed E-state index contributed by atoms with van der Waals surface area (Å²) in [7, 11) is 1.59.